The van der Waals surface area contributed by atoms with Gasteiger partial charge in [-0.2, -0.15) is 0 Å². The molecule has 110 valence electrons. The first-order valence-corrected chi connectivity index (χ1v) is 6.72. The Morgan fingerprint density at radius 1 is 1.29 bits per heavy atom. The van der Waals surface area contributed by atoms with Gasteiger partial charge in [-0.15, -0.1) is 0 Å². The van der Waals surface area contributed by atoms with E-state index in [4.69, 9.17) is 5.11 Å². The second kappa shape index (κ2) is 6.85. The summed E-state index contributed by atoms with van der Waals surface area (Å²) in [6.07, 6.45) is 0.636. The maximum absolute atomic E-state index is 10.9. The van der Waals surface area contributed by atoms with E-state index in [2.05, 4.69) is 16.4 Å². The van der Waals surface area contributed by atoms with Gasteiger partial charge in [0.25, 0.3) is 0 Å². The molecule has 0 radical (unpaired) electrons. The van der Waals surface area contributed by atoms with Gasteiger partial charge in [0.05, 0.1) is 12.6 Å². The zero-order chi connectivity index (χ0) is 15.2. The molecule has 5 nitrogen and oxygen atoms in total. The minimum atomic E-state index is -1.07. The van der Waals surface area contributed by atoms with Crippen molar-refractivity contribution in [1.29, 1.82) is 0 Å². The average molecular weight is 286 g/mol. The molecule has 0 amide bonds. The number of aromatic nitrogens is 1. The number of rotatable bonds is 6. The van der Waals surface area contributed by atoms with Gasteiger partial charge < -0.3 is 15.5 Å². The van der Waals surface area contributed by atoms with Gasteiger partial charge in [0.15, 0.2) is 5.69 Å². The molecule has 1 unspecified atom stereocenters. The van der Waals surface area contributed by atoms with Crippen molar-refractivity contribution in [2.75, 3.05) is 11.9 Å². The van der Waals surface area contributed by atoms with Crippen LogP contribution in [0.5, 0.6) is 0 Å². The van der Waals surface area contributed by atoms with E-state index in [0.717, 1.165) is 11.1 Å². The molecule has 0 saturated heterocycles. The molecule has 1 aromatic carbocycles. The number of carboxylic acid groups (broad SMARTS) is 1. The predicted octanol–water partition coefficient (Wildman–Crippen LogP) is 2.10. The number of nitrogens with zero attached hydrogens (tertiary/aromatic N) is 1. The molecule has 1 aromatic heterocycles. The summed E-state index contributed by atoms with van der Waals surface area (Å²) < 4.78 is 0. The number of aryl methyl sites for hydroxylation is 1. The standard InChI is InChI=1S/C16H18N2O3/c1-11-4-2-5-12(8-11)9-13(10-19)17-15-7-3-6-14(18-15)16(20)21/h2-8,13,19H,9-10H2,1H3,(H,17,18)(H,20,21). The minimum Gasteiger partial charge on any atom is -0.477 e. The molecule has 0 saturated carbocycles. The first-order chi connectivity index (χ1) is 10.1. The summed E-state index contributed by atoms with van der Waals surface area (Å²) in [5.74, 6) is -0.625. The molecular weight excluding hydrogens is 268 g/mol. The van der Waals surface area contributed by atoms with E-state index in [1.807, 2.05) is 25.1 Å². The van der Waals surface area contributed by atoms with Gasteiger partial charge in [-0.1, -0.05) is 35.9 Å². The summed E-state index contributed by atoms with van der Waals surface area (Å²) in [6.45, 7) is 1.95. The second-order valence-electron chi connectivity index (χ2n) is 4.93. The van der Waals surface area contributed by atoms with E-state index in [9.17, 15) is 9.90 Å². The third-order valence-electron chi connectivity index (χ3n) is 3.11. The van der Waals surface area contributed by atoms with E-state index in [1.54, 1.807) is 12.1 Å². The lowest BCUT2D eigenvalue weighted by molar-refractivity contribution is 0.0690. The number of aliphatic hydroxyl groups excluding tert-OH is 1. The molecule has 1 heterocycles. The van der Waals surface area contributed by atoms with Gasteiger partial charge >= 0.3 is 5.97 Å². The monoisotopic (exact) mass is 286 g/mol. The first kappa shape index (κ1) is 15.0. The third kappa shape index (κ3) is 4.29. The van der Waals surface area contributed by atoms with Crippen LogP contribution in [0.25, 0.3) is 0 Å². The highest BCUT2D eigenvalue weighted by atomic mass is 16.4. The number of pyridine rings is 1. The lowest BCUT2D eigenvalue weighted by Crippen LogP contribution is -2.27. The van der Waals surface area contributed by atoms with Crippen LogP contribution >= 0.6 is 0 Å². The topological polar surface area (TPSA) is 82.5 Å². The number of carboxylic acids is 1. The van der Waals surface area contributed by atoms with Crippen LogP contribution in [0, 0.1) is 6.92 Å². The fourth-order valence-electron chi connectivity index (χ4n) is 2.13. The normalized spacial score (nSPS) is 11.9. The van der Waals surface area contributed by atoms with Crippen molar-refractivity contribution in [2.24, 2.45) is 0 Å². The van der Waals surface area contributed by atoms with Gasteiger partial charge in [0.2, 0.25) is 0 Å². The van der Waals surface area contributed by atoms with Crippen LogP contribution in [0.2, 0.25) is 0 Å². The molecule has 0 fully saturated rings. The molecule has 2 rings (SSSR count). The van der Waals surface area contributed by atoms with Gasteiger partial charge in [0.1, 0.15) is 5.82 Å². The summed E-state index contributed by atoms with van der Waals surface area (Å²) >= 11 is 0. The van der Waals surface area contributed by atoms with Crippen molar-refractivity contribution in [2.45, 2.75) is 19.4 Å². The van der Waals surface area contributed by atoms with Crippen molar-refractivity contribution >= 4 is 11.8 Å². The van der Waals surface area contributed by atoms with Gasteiger partial charge in [0, 0.05) is 0 Å². The number of aromatic carboxylic acids is 1. The number of benzene rings is 1. The smallest absolute Gasteiger partial charge is 0.354 e. The van der Waals surface area contributed by atoms with Crippen LogP contribution in [0.4, 0.5) is 5.82 Å². The number of hydrogen-bond donors (Lipinski definition) is 3. The van der Waals surface area contributed by atoms with Crippen LogP contribution in [-0.2, 0) is 6.42 Å². The molecular formula is C16H18N2O3. The quantitative estimate of drug-likeness (QED) is 0.757. The summed E-state index contributed by atoms with van der Waals surface area (Å²) in [5.41, 5.74) is 2.25. The van der Waals surface area contributed by atoms with Crippen molar-refractivity contribution in [3.05, 3.63) is 59.3 Å². The fraction of sp³-hybridized carbons (Fsp3) is 0.250. The van der Waals surface area contributed by atoms with Crippen molar-refractivity contribution in [3.63, 3.8) is 0 Å². The Morgan fingerprint density at radius 3 is 2.71 bits per heavy atom. The Bertz CT molecular complexity index is 628. The highest BCUT2D eigenvalue weighted by Gasteiger charge is 2.11. The number of carbonyl (C=O) groups is 1. The molecule has 0 bridgehead atoms. The highest BCUT2D eigenvalue weighted by molar-refractivity contribution is 5.85. The SMILES string of the molecule is Cc1cccc(CC(CO)Nc2cccc(C(=O)O)n2)c1. The number of aliphatic hydroxyl groups is 1. The van der Waals surface area contributed by atoms with Crippen LogP contribution in [0.3, 0.4) is 0 Å². The Morgan fingerprint density at radius 2 is 2.05 bits per heavy atom. The maximum atomic E-state index is 10.9. The van der Waals surface area contributed by atoms with Crippen molar-refractivity contribution < 1.29 is 15.0 Å². The van der Waals surface area contributed by atoms with Gasteiger partial charge in [-0.05, 0) is 31.0 Å². The highest BCUT2D eigenvalue weighted by Crippen LogP contribution is 2.11. The molecule has 3 N–H and O–H groups in total. The largest absolute Gasteiger partial charge is 0.477 e. The summed E-state index contributed by atoms with van der Waals surface area (Å²) in [4.78, 5) is 14.9. The van der Waals surface area contributed by atoms with E-state index in [0.29, 0.717) is 12.2 Å². The summed E-state index contributed by atoms with van der Waals surface area (Å²) in [7, 11) is 0. The average Bonchev–Trinajstić information content (AvgIpc) is 2.47. The van der Waals surface area contributed by atoms with Crippen LogP contribution in [0.1, 0.15) is 21.6 Å². The lowest BCUT2D eigenvalue weighted by atomic mass is 10.0. The van der Waals surface area contributed by atoms with Gasteiger partial charge in [-0.25, -0.2) is 9.78 Å². The van der Waals surface area contributed by atoms with Crippen molar-refractivity contribution in [3.8, 4) is 0 Å². The lowest BCUT2D eigenvalue weighted by Gasteiger charge is -2.17. The van der Waals surface area contributed by atoms with Crippen LogP contribution < -0.4 is 5.32 Å². The zero-order valence-corrected chi connectivity index (χ0v) is 11.8. The molecule has 0 aliphatic heterocycles. The molecule has 2 aromatic rings. The molecule has 0 aliphatic carbocycles. The third-order valence-corrected chi connectivity index (χ3v) is 3.11. The number of nitrogens with one attached hydrogen (secondary N) is 1. The zero-order valence-electron chi connectivity index (χ0n) is 11.8. The fourth-order valence-corrected chi connectivity index (χ4v) is 2.13. The second-order valence-corrected chi connectivity index (χ2v) is 4.93. The van der Waals surface area contributed by atoms with Crippen molar-refractivity contribution in [1.82, 2.24) is 4.98 Å². The van der Waals surface area contributed by atoms with Crippen LogP contribution in [0.15, 0.2) is 42.5 Å². The molecule has 0 aliphatic rings. The predicted molar refractivity (Wildman–Crippen MR) is 80.6 cm³/mol. The number of hydrogen-bond acceptors (Lipinski definition) is 4. The molecule has 1 atom stereocenters. The summed E-state index contributed by atoms with van der Waals surface area (Å²) in [5, 5.41) is 21.5. The van der Waals surface area contributed by atoms with E-state index in [1.165, 1.54) is 6.07 Å². The van der Waals surface area contributed by atoms with Gasteiger partial charge in [-0.3, -0.25) is 0 Å². The molecule has 21 heavy (non-hydrogen) atoms. The van der Waals surface area contributed by atoms with E-state index >= 15 is 0 Å². The Labute approximate surface area is 123 Å². The molecule has 5 heteroatoms. The first-order valence-electron chi connectivity index (χ1n) is 6.72. The minimum absolute atomic E-state index is 0.0211. The Balaban J connectivity index is 2.08. The molecule has 0 spiro atoms. The Hall–Kier alpha value is -2.40. The van der Waals surface area contributed by atoms with E-state index < -0.39 is 5.97 Å². The summed E-state index contributed by atoms with van der Waals surface area (Å²) in [6, 6.07) is 12.6. The van der Waals surface area contributed by atoms with Crippen LogP contribution in [-0.4, -0.2) is 33.8 Å². The van der Waals surface area contributed by atoms with E-state index in [-0.39, 0.29) is 18.3 Å². The maximum Gasteiger partial charge on any atom is 0.354 e. The Kier molecular flexibility index (Phi) is 4.90. The number of anilines is 1.